The molecule has 38 heavy (non-hydrogen) atoms. The highest BCUT2D eigenvalue weighted by Gasteiger charge is 2.95. The van der Waals surface area contributed by atoms with Crippen molar-refractivity contribution in [3.63, 3.8) is 0 Å². The average molecular weight is 598 g/mol. The molecule has 220 valence electrons. The molecule has 1 atom stereocenters. The summed E-state index contributed by atoms with van der Waals surface area (Å²) in [6.07, 6.45) is -13.9. The molecule has 0 aromatic heterocycles. The van der Waals surface area contributed by atoms with Crippen LogP contribution in [0.25, 0.3) is 0 Å². The van der Waals surface area contributed by atoms with E-state index >= 15 is 0 Å². The first-order valence-electron chi connectivity index (χ1n) is 9.21. The minimum atomic E-state index is -8.72. The number of ether oxygens (including phenoxy) is 1. The predicted octanol–water partition coefficient (Wildman–Crippen LogP) is 7.04. The predicted molar refractivity (Wildman–Crippen MR) is 88.0 cm³/mol. The summed E-state index contributed by atoms with van der Waals surface area (Å²) in [6.45, 7) is 0.880. The Balaban J connectivity index is 3.45. The Morgan fingerprint density at radius 1 is 0.658 bits per heavy atom. The Labute approximate surface area is 199 Å². The van der Waals surface area contributed by atoms with Crippen molar-refractivity contribution in [3.05, 3.63) is 29.8 Å². The van der Waals surface area contributed by atoms with Crippen LogP contribution in [0.5, 0.6) is 5.75 Å². The number of benzene rings is 1. The molecule has 0 aliphatic heterocycles. The second-order valence-electron chi connectivity index (χ2n) is 7.53. The number of alkyl halides is 17. The van der Waals surface area contributed by atoms with Crippen LogP contribution in [0.3, 0.4) is 0 Å². The van der Waals surface area contributed by atoms with E-state index in [1.807, 2.05) is 0 Å². The molecule has 1 rings (SSSR count). The Hall–Kier alpha value is -2.54. The third kappa shape index (κ3) is 5.06. The van der Waals surface area contributed by atoms with E-state index in [0.29, 0.717) is 24.3 Å². The number of hydrogen-bond acceptors (Lipinski definition) is 3. The number of carbonyl (C=O) groups excluding carboxylic acids is 1. The van der Waals surface area contributed by atoms with E-state index in [1.165, 1.54) is 0 Å². The summed E-state index contributed by atoms with van der Waals surface area (Å²) in [7, 11) is 0. The van der Waals surface area contributed by atoms with E-state index in [1.54, 1.807) is 0 Å². The summed E-state index contributed by atoms with van der Waals surface area (Å²) in [5, 5.41) is 9.60. The van der Waals surface area contributed by atoms with E-state index in [4.69, 9.17) is 0 Å². The van der Waals surface area contributed by atoms with Gasteiger partial charge in [0.2, 0.25) is 0 Å². The molecule has 1 N–H and O–H groups in total. The summed E-state index contributed by atoms with van der Waals surface area (Å²) in [5.74, 6) is -58.5. The van der Waals surface area contributed by atoms with Crippen molar-refractivity contribution in [2.45, 2.75) is 67.1 Å². The smallest absolute Gasteiger partial charge is 0.427 e. The van der Waals surface area contributed by atoms with Crippen LogP contribution in [0.4, 0.5) is 74.6 Å². The van der Waals surface area contributed by atoms with Gasteiger partial charge in [0.15, 0.2) is 0 Å². The van der Waals surface area contributed by atoms with Crippen LogP contribution in [0, 0.1) is 0 Å². The average Bonchev–Trinajstić information content (AvgIpc) is 2.71. The highest BCUT2D eigenvalue weighted by molar-refractivity contribution is 5.69. The molecule has 3 nitrogen and oxygen atoms in total. The van der Waals surface area contributed by atoms with Crippen molar-refractivity contribution in [3.8, 4) is 5.75 Å². The quantitative estimate of drug-likeness (QED) is 0.179. The lowest BCUT2D eigenvalue weighted by Crippen LogP contribution is -2.74. The number of carbonyl (C=O) groups is 1. The summed E-state index contributed by atoms with van der Waals surface area (Å²) in [6, 6.07) is 2.50. The Morgan fingerprint density at radius 2 is 1.00 bits per heavy atom. The molecule has 0 saturated heterocycles. The van der Waals surface area contributed by atoms with Crippen LogP contribution in [0.1, 0.15) is 25.0 Å². The number of hydrogen-bond donors (Lipinski definition) is 1. The van der Waals surface area contributed by atoms with E-state index in [9.17, 15) is 84.5 Å². The van der Waals surface area contributed by atoms with Crippen molar-refractivity contribution in [1.29, 1.82) is 0 Å². The lowest BCUT2D eigenvalue weighted by atomic mass is 9.87. The van der Waals surface area contributed by atoms with Crippen LogP contribution in [0.2, 0.25) is 0 Å². The van der Waals surface area contributed by atoms with E-state index in [2.05, 4.69) is 4.74 Å². The van der Waals surface area contributed by atoms with Gasteiger partial charge < -0.3 is 9.84 Å². The highest BCUT2D eigenvalue weighted by atomic mass is 19.4. The van der Waals surface area contributed by atoms with Crippen LogP contribution >= 0.6 is 0 Å². The first-order valence-corrected chi connectivity index (χ1v) is 9.21. The van der Waals surface area contributed by atoms with Gasteiger partial charge in [0.05, 0.1) is 6.10 Å². The molecular formula is C18H11F17O3. The second-order valence-corrected chi connectivity index (χ2v) is 7.53. The maximum absolute atomic E-state index is 14.0. The third-order valence-corrected chi connectivity index (χ3v) is 4.76. The van der Waals surface area contributed by atoms with Crippen LogP contribution in [-0.4, -0.2) is 58.7 Å². The van der Waals surface area contributed by atoms with Crippen LogP contribution in [0.15, 0.2) is 24.3 Å². The van der Waals surface area contributed by atoms with Gasteiger partial charge in [-0.05, 0) is 17.7 Å². The topological polar surface area (TPSA) is 46.5 Å². The second kappa shape index (κ2) is 9.58. The zero-order chi connectivity index (χ0) is 30.6. The molecule has 0 saturated carbocycles. The molecule has 1 aromatic carbocycles. The molecule has 1 aromatic rings. The summed E-state index contributed by atoms with van der Waals surface area (Å²) >= 11 is 0. The standard InChI is InChI=1S/C18H11F17O3/c1-7(36)38-9-4-2-8(3-5-9)10(37)6-11(19,20)12(21,22)13(23,24)14(25,26)15(27,28)16(29,30)17(31,32)18(33,34)35/h2-5,10,37H,6H2,1H3. The lowest BCUT2D eigenvalue weighted by molar-refractivity contribution is -0.462. The lowest BCUT2D eigenvalue weighted by Gasteiger charge is -2.43. The molecule has 0 amide bonds. The molecule has 20 heteroatoms. The number of aliphatic hydroxyl groups is 1. The molecule has 0 aliphatic rings. The third-order valence-electron chi connectivity index (χ3n) is 4.76. The summed E-state index contributed by atoms with van der Waals surface area (Å²) in [4.78, 5) is 10.8. The highest BCUT2D eigenvalue weighted by Crippen LogP contribution is 2.64. The molecule has 0 radical (unpaired) electrons. The van der Waals surface area contributed by atoms with E-state index < -0.39 is 71.7 Å². The first kappa shape index (κ1) is 33.5. The monoisotopic (exact) mass is 598 g/mol. The number of halogens is 17. The zero-order valence-electron chi connectivity index (χ0n) is 17.8. The Bertz CT molecular complexity index is 998. The minimum absolute atomic E-state index is 0.351. The largest absolute Gasteiger partial charge is 0.460 e. The molecule has 0 heterocycles. The van der Waals surface area contributed by atoms with Gasteiger partial charge in [-0.3, -0.25) is 4.79 Å². The first-order chi connectivity index (χ1) is 16.5. The fourth-order valence-corrected chi connectivity index (χ4v) is 2.61. The molecule has 0 bridgehead atoms. The van der Waals surface area contributed by atoms with Crippen molar-refractivity contribution in [1.82, 2.24) is 0 Å². The maximum Gasteiger partial charge on any atom is 0.460 e. The number of rotatable bonds is 10. The molecule has 0 spiro atoms. The van der Waals surface area contributed by atoms with E-state index in [-0.39, 0.29) is 5.75 Å². The molecule has 0 aliphatic carbocycles. The van der Waals surface area contributed by atoms with Gasteiger partial charge in [-0.25, -0.2) is 0 Å². The normalized spacial score (nSPS) is 15.9. The fourth-order valence-electron chi connectivity index (χ4n) is 2.61. The summed E-state index contributed by atoms with van der Waals surface area (Å²) < 4.78 is 230. The zero-order valence-corrected chi connectivity index (χ0v) is 17.8. The van der Waals surface area contributed by atoms with Crippen molar-refractivity contribution in [2.24, 2.45) is 0 Å². The van der Waals surface area contributed by atoms with Gasteiger partial charge >= 0.3 is 53.6 Å². The van der Waals surface area contributed by atoms with Crippen molar-refractivity contribution in [2.75, 3.05) is 0 Å². The van der Waals surface area contributed by atoms with Gasteiger partial charge in [-0.2, -0.15) is 74.6 Å². The fraction of sp³-hybridized carbons (Fsp3) is 0.611. The Morgan fingerprint density at radius 3 is 1.34 bits per heavy atom. The van der Waals surface area contributed by atoms with E-state index in [0.717, 1.165) is 6.92 Å². The number of esters is 1. The van der Waals surface area contributed by atoms with Crippen molar-refractivity contribution < 1.29 is 89.3 Å². The summed E-state index contributed by atoms with van der Waals surface area (Å²) in [5.41, 5.74) is -0.895. The van der Waals surface area contributed by atoms with Crippen LogP contribution < -0.4 is 4.74 Å². The SMILES string of the molecule is CC(=O)Oc1ccc(C(O)CC(F)(F)C(F)(F)C(F)(F)C(F)(F)C(F)(F)C(F)(F)C(F)(F)C(F)(F)F)cc1. The van der Waals surface area contributed by atoms with Gasteiger partial charge in [0.25, 0.3) is 0 Å². The van der Waals surface area contributed by atoms with Gasteiger partial charge in [0.1, 0.15) is 5.75 Å². The molecule has 0 fully saturated rings. The minimum Gasteiger partial charge on any atom is -0.427 e. The number of aliphatic hydroxyl groups excluding tert-OH is 1. The molecular weight excluding hydrogens is 587 g/mol. The van der Waals surface area contributed by atoms with Crippen LogP contribution in [-0.2, 0) is 4.79 Å². The Kier molecular flexibility index (Phi) is 8.44. The van der Waals surface area contributed by atoms with Gasteiger partial charge in [-0.1, -0.05) is 12.1 Å². The van der Waals surface area contributed by atoms with Gasteiger partial charge in [-0.15, -0.1) is 0 Å². The van der Waals surface area contributed by atoms with Gasteiger partial charge in [0, 0.05) is 13.3 Å². The molecule has 1 unspecified atom stereocenters. The maximum atomic E-state index is 14.0. The van der Waals surface area contributed by atoms with Crippen molar-refractivity contribution >= 4 is 5.97 Å².